The molecule has 0 aliphatic rings. The molecular formula is C9H7ClN2O3. The SMILES string of the molecule is COc1cc(Cl)cc2[nH]nc(C(=O)O)c12. The number of aromatic amines is 1. The number of carboxylic acid groups (broad SMARTS) is 1. The number of nitrogens with zero attached hydrogens (tertiary/aromatic N) is 1. The predicted octanol–water partition coefficient (Wildman–Crippen LogP) is 1.92. The molecule has 2 aromatic rings. The summed E-state index contributed by atoms with van der Waals surface area (Å²) < 4.78 is 5.05. The summed E-state index contributed by atoms with van der Waals surface area (Å²) in [4.78, 5) is 10.9. The summed E-state index contributed by atoms with van der Waals surface area (Å²) in [6.45, 7) is 0. The quantitative estimate of drug-likeness (QED) is 0.820. The second-order valence-corrected chi connectivity index (χ2v) is 3.34. The molecule has 1 aromatic heterocycles. The number of ether oxygens (including phenoxy) is 1. The van der Waals surface area contributed by atoms with Crippen molar-refractivity contribution in [3.63, 3.8) is 0 Å². The van der Waals surface area contributed by atoms with Gasteiger partial charge in [-0.2, -0.15) is 5.10 Å². The number of hydrogen-bond acceptors (Lipinski definition) is 3. The van der Waals surface area contributed by atoms with Crippen LogP contribution in [-0.2, 0) is 0 Å². The lowest BCUT2D eigenvalue weighted by Gasteiger charge is -2.02. The number of H-pyrrole nitrogens is 1. The molecule has 5 nitrogen and oxygen atoms in total. The molecule has 0 aliphatic heterocycles. The van der Waals surface area contributed by atoms with E-state index in [2.05, 4.69) is 10.2 Å². The molecular weight excluding hydrogens is 220 g/mol. The third-order valence-electron chi connectivity index (χ3n) is 2.01. The van der Waals surface area contributed by atoms with Crippen LogP contribution in [0, 0.1) is 0 Å². The summed E-state index contributed by atoms with van der Waals surface area (Å²) in [5, 5.41) is 16.0. The van der Waals surface area contributed by atoms with Crippen molar-refractivity contribution in [2.24, 2.45) is 0 Å². The monoisotopic (exact) mass is 226 g/mol. The predicted molar refractivity (Wildman–Crippen MR) is 54.6 cm³/mol. The van der Waals surface area contributed by atoms with E-state index >= 15 is 0 Å². The van der Waals surface area contributed by atoms with Gasteiger partial charge in [0.15, 0.2) is 5.69 Å². The van der Waals surface area contributed by atoms with Crippen molar-refractivity contribution in [1.29, 1.82) is 0 Å². The molecule has 0 radical (unpaired) electrons. The molecule has 1 aromatic carbocycles. The van der Waals surface area contributed by atoms with E-state index in [1.807, 2.05) is 0 Å². The average Bonchev–Trinajstić information content (AvgIpc) is 2.59. The highest BCUT2D eigenvalue weighted by Crippen LogP contribution is 2.30. The van der Waals surface area contributed by atoms with E-state index in [-0.39, 0.29) is 5.69 Å². The van der Waals surface area contributed by atoms with E-state index in [1.165, 1.54) is 7.11 Å². The van der Waals surface area contributed by atoms with Crippen LogP contribution in [0.3, 0.4) is 0 Å². The molecule has 0 spiro atoms. The first-order chi connectivity index (χ1) is 7.13. The summed E-state index contributed by atoms with van der Waals surface area (Å²) in [5.74, 6) is -0.717. The summed E-state index contributed by atoms with van der Waals surface area (Å²) in [6.07, 6.45) is 0. The summed E-state index contributed by atoms with van der Waals surface area (Å²) in [7, 11) is 1.45. The van der Waals surface area contributed by atoms with E-state index in [0.717, 1.165) is 0 Å². The van der Waals surface area contributed by atoms with Crippen LogP contribution in [0.2, 0.25) is 5.02 Å². The van der Waals surface area contributed by atoms with E-state index in [9.17, 15) is 4.79 Å². The Morgan fingerprint density at radius 3 is 2.93 bits per heavy atom. The second-order valence-electron chi connectivity index (χ2n) is 2.91. The Bertz CT molecular complexity index is 535. The van der Waals surface area contributed by atoms with Gasteiger partial charge >= 0.3 is 5.97 Å². The van der Waals surface area contributed by atoms with Crippen molar-refractivity contribution >= 4 is 28.5 Å². The van der Waals surface area contributed by atoms with Gasteiger partial charge in [0.2, 0.25) is 0 Å². The van der Waals surface area contributed by atoms with E-state index in [0.29, 0.717) is 21.7 Å². The van der Waals surface area contributed by atoms with Crippen LogP contribution >= 0.6 is 11.6 Å². The maximum absolute atomic E-state index is 10.9. The Morgan fingerprint density at radius 1 is 1.60 bits per heavy atom. The van der Waals surface area contributed by atoms with Crippen molar-refractivity contribution in [3.8, 4) is 5.75 Å². The third kappa shape index (κ3) is 1.50. The number of fused-ring (bicyclic) bond motifs is 1. The van der Waals surface area contributed by atoms with Crippen LogP contribution in [0.1, 0.15) is 10.5 Å². The number of methoxy groups -OCH3 is 1. The van der Waals surface area contributed by atoms with Crippen molar-refractivity contribution in [2.45, 2.75) is 0 Å². The lowest BCUT2D eigenvalue weighted by atomic mass is 10.2. The van der Waals surface area contributed by atoms with Gasteiger partial charge in [0, 0.05) is 5.02 Å². The highest BCUT2D eigenvalue weighted by Gasteiger charge is 2.17. The van der Waals surface area contributed by atoms with Gasteiger partial charge in [0.25, 0.3) is 0 Å². The number of aromatic carboxylic acids is 1. The highest BCUT2D eigenvalue weighted by atomic mass is 35.5. The second kappa shape index (κ2) is 3.43. The normalized spacial score (nSPS) is 10.5. The van der Waals surface area contributed by atoms with Gasteiger partial charge in [-0.25, -0.2) is 4.79 Å². The van der Waals surface area contributed by atoms with Crippen LogP contribution in [0.4, 0.5) is 0 Å². The molecule has 0 unspecified atom stereocenters. The molecule has 0 amide bonds. The zero-order valence-corrected chi connectivity index (χ0v) is 8.50. The number of rotatable bonds is 2. The molecule has 78 valence electrons. The number of hydrogen-bond donors (Lipinski definition) is 2. The summed E-state index contributed by atoms with van der Waals surface area (Å²) in [6, 6.07) is 3.14. The van der Waals surface area contributed by atoms with Gasteiger partial charge in [0.05, 0.1) is 18.0 Å². The van der Waals surface area contributed by atoms with Crippen molar-refractivity contribution in [1.82, 2.24) is 10.2 Å². The fraction of sp³-hybridized carbons (Fsp3) is 0.111. The third-order valence-corrected chi connectivity index (χ3v) is 2.23. The largest absolute Gasteiger partial charge is 0.496 e. The number of nitrogens with one attached hydrogen (secondary N) is 1. The molecule has 0 bridgehead atoms. The number of benzene rings is 1. The Hall–Kier alpha value is -1.75. The van der Waals surface area contributed by atoms with Gasteiger partial charge < -0.3 is 9.84 Å². The average molecular weight is 227 g/mol. The summed E-state index contributed by atoms with van der Waals surface area (Å²) >= 11 is 5.82. The lowest BCUT2D eigenvalue weighted by Crippen LogP contribution is -1.98. The lowest BCUT2D eigenvalue weighted by molar-refractivity contribution is 0.0692. The first-order valence-corrected chi connectivity index (χ1v) is 4.46. The molecule has 0 fully saturated rings. The first kappa shape index (κ1) is 9.79. The minimum atomic E-state index is -1.11. The van der Waals surface area contributed by atoms with E-state index in [4.69, 9.17) is 21.4 Å². The van der Waals surface area contributed by atoms with Gasteiger partial charge in [0.1, 0.15) is 5.75 Å². The van der Waals surface area contributed by atoms with Gasteiger partial charge in [-0.15, -0.1) is 0 Å². The number of carbonyl (C=O) groups is 1. The number of aromatic nitrogens is 2. The summed E-state index contributed by atoms with van der Waals surface area (Å²) in [5.41, 5.74) is 0.468. The molecule has 15 heavy (non-hydrogen) atoms. The zero-order chi connectivity index (χ0) is 11.0. The molecule has 2 rings (SSSR count). The van der Waals surface area contributed by atoms with Crippen LogP contribution in [0.5, 0.6) is 5.75 Å². The molecule has 6 heteroatoms. The topological polar surface area (TPSA) is 75.2 Å². The maximum atomic E-state index is 10.9. The zero-order valence-electron chi connectivity index (χ0n) is 7.74. The fourth-order valence-electron chi connectivity index (χ4n) is 1.40. The van der Waals surface area contributed by atoms with Crippen LogP contribution in [0.15, 0.2) is 12.1 Å². The Kier molecular flexibility index (Phi) is 2.24. The van der Waals surface area contributed by atoms with Gasteiger partial charge in [-0.05, 0) is 12.1 Å². The number of halogens is 1. The van der Waals surface area contributed by atoms with Crippen LogP contribution in [0.25, 0.3) is 10.9 Å². The van der Waals surface area contributed by atoms with Crippen molar-refractivity contribution < 1.29 is 14.6 Å². The van der Waals surface area contributed by atoms with Gasteiger partial charge in [-0.3, -0.25) is 5.10 Å². The van der Waals surface area contributed by atoms with Gasteiger partial charge in [-0.1, -0.05) is 11.6 Å². The molecule has 2 N–H and O–H groups in total. The van der Waals surface area contributed by atoms with Crippen LogP contribution in [-0.4, -0.2) is 28.4 Å². The molecule has 1 heterocycles. The minimum Gasteiger partial charge on any atom is -0.496 e. The van der Waals surface area contributed by atoms with Crippen molar-refractivity contribution in [3.05, 3.63) is 22.8 Å². The fourth-order valence-corrected chi connectivity index (χ4v) is 1.61. The molecule has 0 atom stereocenters. The standard InChI is InChI=1S/C9H7ClN2O3/c1-15-6-3-4(10)2-5-7(6)8(9(13)14)12-11-5/h2-3H,1H3,(H,11,12)(H,13,14). The highest BCUT2D eigenvalue weighted by molar-refractivity contribution is 6.31. The molecule has 0 saturated carbocycles. The minimum absolute atomic E-state index is 0.0708. The maximum Gasteiger partial charge on any atom is 0.357 e. The van der Waals surface area contributed by atoms with Crippen LogP contribution < -0.4 is 4.74 Å². The van der Waals surface area contributed by atoms with Crippen molar-refractivity contribution in [2.75, 3.05) is 7.11 Å². The smallest absolute Gasteiger partial charge is 0.357 e. The Labute approximate surface area is 89.6 Å². The molecule has 0 saturated heterocycles. The first-order valence-electron chi connectivity index (χ1n) is 4.08. The van der Waals surface area contributed by atoms with E-state index in [1.54, 1.807) is 12.1 Å². The molecule has 0 aliphatic carbocycles. The number of carboxylic acids is 1. The Morgan fingerprint density at radius 2 is 2.33 bits per heavy atom. The van der Waals surface area contributed by atoms with E-state index < -0.39 is 5.97 Å². The Balaban J connectivity index is 2.83.